The molecule has 6 aliphatic heterocycles. The minimum Gasteiger partial charge on any atom is -0.461 e. The highest BCUT2D eigenvalue weighted by molar-refractivity contribution is 7.23. The number of nitrogens with zero attached hydrogens (tertiary/aromatic N) is 6. The topological polar surface area (TPSA) is 121 Å². The number of amides is 1. The first-order chi connectivity index (χ1) is 26.5. The van der Waals surface area contributed by atoms with Crippen LogP contribution in [0.4, 0.5) is 24.0 Å². The van der Waals surface area contributed by atoms with Gasteiger partial charge in [-0.25, -0.2) is 13.2 Å². The molecule has 2 bridgehead atoms. The molecule has 10 rings (SSSR count). The van der Waals surface area contributed by atoms with Crippen molar-refractivity contribution in [3.05, 3.63) is 40.4 Å². The molecule has 0 aliphatic carbocycles. The number of ether oxygens (including phenoxy) is 2. The van der Waals surface area contributed by atoms with Crippen molar-refractivity contribution in [3.63, 3.8) is 0 Å². The molecule has 0 radical (unpaired) electrons. The molecule has 0 saturated carbocycles. The Morgan fingerprint density at radius 1 is 1.15 bits per heavy atom. The zero-order chi connectivity index (χ0) is 37.8. The Labute approximate surface area is 325 Å². The van der Waals surface area contributed by atoms with Gasteiger partial charge in [0, 0.05) is 60.9 Å². The molecule has 6 aliphatic rings. The van der Waals surface area contributed by atoms with E-state index in [2.05, 4.69) is 20.9 Å². The van der Waals surface area contributed by atoms with Crippen LogP contribution in [0.25, 0.3) is 32.1 Å². The number of nitrogens with two attached hydrogens (primary N) is 1. The fraction of sp³-hybridized carbons (Fsp3) is 0.550. The van der Waals surface area contributed by atoms with Gasteiger partial charge in [-0.1, -0.05) is 24.1 Å². The van der Waals surface area contributed by atoms with E-state index < -0.39 is 23.3 Å². The van der Waals surface area contributed by atoms with Crippen LogP contribution in [0.2, 0.25) is 5.02 Å². The first kappa shape index (κ1) is 35.5. The highest BCUT2D eigenvalue weighted by Gasteiger charge is 2.53. The van der Waals surface area contributed by atoms with E-state index in [0.29, 0.717) is 50.3 Å². The van der Waals surface area contributed by atoms with E-state index in [1.54, 1.807) is 6.07 Å². The van der Waals surface area contributed by atoms with Crippen LogP contribution in [0.3, 0.4) is 0 Å². The largest absolute Gasteiger partial charge is 0.461 e. The fourth-order valence-corrected chi connectivity index (χ4v) is 12.0. The standard InChI is InChI=1S/C40H41ClF3N7O3S/c41-27-13-25-33(32(44)31(27)23-5-6-28(43)34-30(23)26(15-45)35(46)55-34)47-38(53-20-40-9-3-11-51(40)16-21(42)14-40)48-36(25)49-10-2-1-8-39(17-49)18-50(19-39)37(52)24-12-22-4-7-29(24)54-22/h5-6,13,21-22,24,29H,1-4,7-12,14,16-20,46H2/t21-,22?,24?,29?,40+/m1/s1. The van der Waals surface area contributed by atoms with E-state index in [-0.39, 0.29) is 84.4 Å². The third-order valence-corrected chi connectivity index (χ3v) is 14.6. The number of alkyl halides is 1. The Hall–Kier alpha value is -3.90. The molecule has 6 saturated heterocycles. The Balaban J connectivity index is 1.04. The molecule has 8 heterocycles. The van der Waals surface area contributed by atoms with Gasteiger partial charge in [0.25, 0.3) is 0 Å². The number of fused-ring (bicyclic) bond motifs is 5. The number of aromatic nitrogens is 2. The summed E-state index contributed by atoms with van der Waals surface area (Å²) in [5, 5.41) is 10.7. The summed E-state index contributed by atoms with van der Waals surface area (Å²) in [7, 11) is 0. The molecule has 4 aromatic rings. The van der Waals surface area contributed by atoms with E-state index in [1.807, 2.05) is 4.90 Å². The number of rotatable bonds is 6. The number of hydrogen-bond donors (Lipinski definition) is 1. The van der Waals surface area contributed by atoms with Crippen LogP contribution in [0.15, 0.2) is 18.2 Å². The lowest BCUT2D eigenvalue weighted by molar-refractivity contribution is -0.149. The van der Waals surface area contributed by atoms with Gasteiger partial charge in [0.1, 0.15) is 41.0 Å². The molecule has 15 heteroatoms. The van der Waals surface area contributed by atoms with Crippen LogP contribution in [-0.2, 0) is 9.53 Å². The lowest BCUT2D eigenvalue weighted by atomic mass is 9.74. The molecule has 288 valence electrons. The molecule has 55 heavy (non-hydrogen) atoms. The number of anilines is 2. The van der Waals surface area contributed by atoms with E-state index in [9.17, 15) is 14.4 Å². The summed E-state index contributed by atoms with van der Waals surface area (Å²) < 4.78 is 59.6. The fourth-order valence-electron chi connectivity index (χ4n) is 10.7. The van der Waals surface area contributed by atoms with Crippen LogP contribution in [0.1, 0.15) is 63.4 Å². The van der Waals surface area contributed by atoms with Crippen molar-refractivity contribution in [2.45, 2.75) is 81.7 Å². The molecular formula is C40H41ClF3N7O3S. The summed E-state index contributed by atoms with van der Waals surface area (Å²) in [5.41, 5.74) is 5.69. The average Bonchev–Trinajstić information content (AvgIpc) is 3.96. The molecule has 3 unspecified atom stereocenters. The molecular weight excluding hydrogens is 751 g/mol. The summed E-state index contributed by atoms with van der Waals surface area (Å²) in [4.78, 5) is 29.5. The van der Waals surface area contributed by atoms with Crippen LogP contribution in [0.5, 0.6) is 6.01 Å². The molecule has 6 fully saturated rings. The third-order valence-electron chi connectivity index (χ3n) is 13.3. The van der Waals surface area contributed by atoms with Crippen molar-refractivity contribution in [1.82, 2.24) is 19.8 Å². The molecule has 2 aromatic carbocycles. The summed E-state index contributed by atoms with van der Waals surface area (Å²) in [6.07, 6.45) is 6.91. The van der Waals surface area contributed by atoms with Gasteiger partial charge in [0.2, 0.25) is 5.91 Å². The molecule has 1 amide bonds. The molecule has 2 aromatic heterocycles. The molecule has 1 spiro atoms. The van der Waals surface area contributed by atoms with Crippen molar-refractivity contribution in [2.24, 2.45) is 11.3 Å². The number of nitriles is 1. The third kappa shape index (κ3) is 5.66. The Morgan fingerprint density at radius 2 is 2.00 bits per heavy atom. The second-order valence-electron chi connectivity index (χ2n) is 16.7. The minimum atomic E-state index is -0.949. The smallest absolute Gasteiger partial charge is 0.319 e. The van der Waals surface area contributed by atoms with Crippen molar-refractivity contribution < 1.29 is 27.4 Å². The SMILES string of the molecule is N#Cc1c(N)sc2c(F)ccc(-c3c(Cl)cc4c(N5CCCCC6(CN(C(=O)C7CC8CCC7O8)C6)C5)nc(OC[C@@]56CCCN5C[C@H](F)C6)nc4c3F)c12. The summed E-state index contributed by atoms with van der Waals surface area (Å²) in [6.45, 7) is 3.81. The summed E-state index contributed by atoms with van der Waals surface area (Å²) >= 11 is 7.91. The number of benzene rings is 2. The second-order valence-corrected chi connectivity index (χ2v) is 18.1. The van der Waals surface area contributed by atoms with Crippen molar-refractivity contribution in [3.8, 4) is 23.2 Å². The van der Waals surface area contributed by atoms with Gasteiger partial charge >= 0.3 is 6.01 Å². The van der Waals surface area contributed by atoms with Crippen LogP contribution in [-0.4, -0.2) is 95.5 Å². The van der Waals surface area contributed by atoms with Gasteiger partial charge in [-0.05, 0) is 69.2 Å². The maximum atomic E-state index is 17.3. The van der Waals surface area contributed by atoms with Crippen molar-refractivity contribution in [1.29, 1.82) is 5.26 Å². The van der Waals surface area contributed by atoms with Crippen LogP contribution in [0, 0.1) is 34.3 Å². The van der Waals surface area contributed by atoms with E-state index in [0.717, 1.165) is 69.2 Å². The van der Waals surface area contributed by atoms with Crippen LogP contribution >= 0.6 is 22.9 Å². The van der Waals surface area contributed by atoms with Gasteiger partial charge in [-0.2, -0.15) is 15.2 Å². The Bertz CT molecular complexity index is 2300. The summed E-state index contributed by atoms with van der Waals surface area (Å²) in [5.74, 6) is -0.754. The van der Waals surface area contributed by atoms with E-state index >= 15 is 8.78 Å². The number of carbonyl (C=O) groups excluding carboxylic acids is 1. The van der Waals surface area contributed by atoms with Crippen LogP contribution < -0.4 is 15.4 Å². The molecule has 5 atom stereocenters. The number of likely N-dealkylation sites (tertiary alicyclic amines) is 1. The van der Waals surface area contributed by atoms with Crippen molar-refractivity contribution in [2.75, 3.05) is 56.5 Å². The first-order valence-corrected chi connectivity index (χ1v) is 20.6. The van der Waals surface area contributed by atoms with Gasteiger partial charge < -0.3 is 25.0 Å². The number of carbonyl (C=O) groups is 1. The number of halogens is 4. The lowest BCUT2D eigenvalue weighted by Gasteiger charge is -2.52. The zero-order valence-electron chi connectivity index (χ0n) is 30.3. The minimum absolute atomic E-state index is 0.0278. The van der Waals surface area contributed by atoms with Gasteiger partial charge in [0.15, 0.2) is 5.82 Å². The second kappa shape index (κ2) is 13.1. The maximum Gasteiger partial charge on any atom is 0.319 e. The van der Waals surface area contributed by atoms with E-state index in [4.69, 9.17) is 31.8 Å². The Kier molecular flexibility index (Phi) is 8.44. The predicted octanol–water partition coefficient (Wildman–Crippen LogP) is 7.24. The van der Waals surface area contributed by atoms with Gasteiger partial charge in [-0.3, -0.25) is 9.69 Å². The quantitative estimate of drug-likeness (QED) is 0.216. The predicted molar refractivity (Wildman–Crippen MR) is 204 cm³/mol. The number of hydrogen-bond acceptors (Lipinski definition) is 10. The highest BCUT2D eigenvalue weighted by atomic mass is 35.5. The lowest BCUT2D eigenvalue weighted by Crippen LogP contribution is -2.63. The highest BCUT2D eigenvalue weighted by Crippen LogP contribution is 2.48. The summed E-state index contributed by atoms with van der Waals surface area (Å²) in [6, 6.07) is 6.29. The van der Waals surface area contributed by atoms with Crippen molar-refractivity contribution >= 4 is 60.7 Å². The monoisotopic (exact) mass is 791 g/mol. The average molecular weight is 792 g/mol. The zero-order valence-corrected chi connectivity index (χ0v) is 31.8. The molecule has 10 nitrogen and oxygen atoms in total. The maximum absolute atomic E-state index is 17.3. The molecule has 2 N–H and O–H groups in total. The van der Waals surface area contributed by atoms with Gasteiger partial charge in [0.05, 0.1) is 39.0 Å². The first-order valence-electron chi connectivity index (χ1n) is 19.4. The number of nitrogen functional groups attached to an aromatic ring is 1. The van der Waals surface area contributed by atoms with Gasteiger partial charge in [-0.15, -0.1) is 11.3 Å². The Morgan fingerprint density at radius 3 is 2.78 bits per heavy atom. The number of thiophene rings is 1. The normalized spacial score (nSPS) is 28.6. The van der Waals surface area contributed by atoms with E-state index in [1.165, 1.54) is 12.1 Å².